The number of fused-ring (bicyclic) bond motifs is 6. The number of hydrogen-bond donors (Lipinski definition) is 3. The van der Waals surface area contributed by atoms with Crippen molar-refractivity contribution in [1.29, 1.82) is 0 Å². The van der Waals surface area contributed by atoms with Gasteiger partial charge in [-0.25, -0.2) is 9.59 Å². The number of likely N-dealkylation sites (N-methyl/N-ethyl adjacent to an activating group) is 1. The Morgan fingerprint density at radius 3 is 1.40 bits per heavy atom. The van der Waals surface area contributed by atoms with E-state index in [2.05, 4.69) is 40.2 Å². The van der Waals surface area contributed by atoms with Gasteiger partial charge in [-0.1, -0.05) is 97.1 Å². The van der Waals surface area contributed by atoms with Crippen molar-refractivity contribution in [2.24, 2.45) is 0 Å². The quantitative estimate of drug-likeness (QED) is 0.275. The molecule has 0 bridgehead atoms. The summed E-state index contributed by atoms with van der Waals surface area (Å²) < 4.78 is 11.1. The smallest absolute Gasteiger partial charge is 0.407 e. The Kier molecular flexibility index (Phi) is 7.60. The molecule has 8 nitrogen and oxygen atoms in total. The second-order valence-corrected chi connectivity index (χ2v) is 10.3. The predicted molar refractivity (Wildman–Crippen MR) is 159 cm³/mol. The normalized spacial score (nSPS) is 13.6. The Morgan fingerprint density at radius 2 is 1.00 bits per heavy atom. The van der Waals surface area contributed by atoms with Crippen LogP contribution in [0, 0.1) is 0 Å². The summed E-state index contributed by atoms with van der Waals surface area (Å²) in [6.07, 6.45) is -1.43. The standard InChI is InChI=1S/C34H31N3O5/c1-35-32(38)31(37-34(40)42-20-30-27-16-8-4-12-23(27)24-13-5-9-17-28(24)30)18-36-33(39)41-19-29-25-14-6-2-10-21(25)22-11-3-7-15-26(22)29/h2-17,29-31H,18-20H2,1H3,(H,35,38)(H,36,39)(H,37,40)/t31-/m0/s1. The Morgan fingerprint density at radius 1 is 0.619 bits per heavy atom. The molecule has 8 heteroatoms. The molecular formula is C34H31N3O5. The van der Waals surface area contributed by atoms with E-state index in [4.69, 9.17) is 9.47 Å². The summed E-state index contributed by atoms with van der Waals surface area (Å²) in [5.41, 5.74) is 8.90. The monoisotopic (exact) mass is 561 g/mol. The van der Waals surface area contributed by atoms with Gasteiger partial charge in [-0.3, -0.25) is 4.79 Å². The topological polar surface area (TPSA) is 106 Å². The zero-order valence-electron chi connectivity index (χ0n) is 23.1. The molecule has 0 aromatic heterocycles. The summed E-state index contributed by atoms with van der Waals surface area (Å²) in [6.45, 7) is 0.0883. The van der Waals surface area contributed by atoms with Gasteiger partial charge in [0.05, 0.1) is 6.54 Å². The van der Waals surface area contributed by atoms with Crippen LogP contribution in [0.3, 0.4) is 0 Å². The minimum Gasteiger partial charge on any atom is -0.449 e. The first kappa shape index (κ1) is 27.1. The van der Waals surface area contributed by atoms with Crippen LogP contribution in [0.1, 0.15) is 34.1 Å². The minimum absolute atomic E-state index is 0.0863. The largest absolute Gasteiger partial charge is 0.449 e. The van der Waals surface area contributed by atoms with E-state index in [9.17, 15) is 14.4 Å². The van der Waals surface area contributed by atoms with Gasteiger partial charge in [0.2, 0.25) is 5.91 Å². The fourth-order valence-electron chi connectivity index (χ4n) is 6.00. The van der Waals surface area contributed by atoms with Gasteiger partial charge >= 0.3 is 12.2 Å². The maximum atomic E-state index is 12.8. The predicted octanol–water partition coefficient (Wildman–Crippen LogP) is 5.18. The molecule has 42 heavy (non-hydrogen) atoms. The Bertz CT molecular complexity index is 1560. The van der Waals surface area contributed by atoms with Crippen molar-refractivity contribution in [2.75, 3.05) is 26.8 Å². The van der Waals surface area contributed by atoms with Gasteiger partial charge in [-0.2, -0.15) is 0 Å². The SMILES string of the molecule is CNC(=O)[C@H](CNC(=O)OCC1c2ccccc2-c2ccccc21)NC(=O)OCC1c2ccccc2-c2ccccc21. The lowest BCUT2D eigenvalue weighted by Crippen LogP contribution is -2.52. The van der Waals surface area contributed by atoms with E-state index in [-0.39, 0.29) is 31.6 Å². The van der Waals surface area contributed by atoms with Crippen LogP contribution in [-0.4, -0.2) is 50.9 Å². The zero-order valence-corrected chi connectivity index (χ0v) is 23.1. The Balaban J connectivity index is 1.04. The van der Waals surface area contributed by atoms with Crippen molar-refractivity contribution < 1.29 is 23.9 Å². The van der Waals surface area contributed by atoms with Gasteiger partial charge in [0.1, 0.15) is 19.3 Å². The molecule has 4 aromatic carbocycles. The summed E-state index contributed by atoms with van der Waals surface area (Å²) in [4.78, 5) is 37.9. The molecule has 6 rings (SSSR count). The molecule has 0 fully saturated rings. The van der Waals surface area contributed by atoms with Crippen molar-refractivity contribution in [2.45, 2.75) is 17.9 Å². The lowest BCUT2D eigenvalue weighted by atomic mass is 9.98. The van der Waals surface area contributed by atoms with Crippen LogP contribution in [0.4, 0.5) is 9.59 Å². The third-order valence-corrected chi connectivity index (χ3v) is 7.99. The van der Waals surface area contributed by atoms with Gasteiger partial charge < -0.3 is 25.4 Å². The number of carbonyl (C=O) groups excluding carboxylic acids is 3. The molecule has 212 valence electrons. The van der Waals surface area contributed by atoms with Crippen LogP contribution in [0.25, 0.3) is 22.3 Å². The van der Waals surface area contributed by atoms with Gasteiger partial charge in [0, 0.05) is 18.9 Å². The highest BCUT2D eigenvalue weighted by Gasteiger charge is 2.31. The molecular weight excluding hydrogens is 530 g/mol. The summed E-state index contributed by atoms with van der Waals surface area (Å²) in [6, 6.07) is 31.2. The molecule has 4 aromatic rings. The van der Waals surface area contributed by atoms with E-state index in [0.717, 1.165) is 44.5 Å². The Labute approximate surface area is 244 Å². The van der Waals surface area contributed by atoms with Gasteiger partial charge in [-0.15, -0.1) is 0 Å². The molecule has 2 aliphatic rings. The van der Waals surface area contributed by atoms with Crippen molar-refractivity contribution in [1.82, 2.24) is 16.0 Å². The van der Waals surface area contributed by atoms with E-state index in [1.807, 2.05) is 72.8 Å². The first-order valence-corrected chi connectivity index (χ1v) is 14.0. The number of carbonyl (C=O) groups is 3. The van der Waals surface area contributed by atoms with Gasteiger partial charge in [0.25, 0.3) is 0 Å². The van der Waals surface area contributed by atoms with Crippen LogP contribution in [-0.2, 0) is 14.3 Å². The van der Waals surface area contributed by atoms with Crippen LogP contribution < -0.4 is 16.0 Å². The summed E-state index contributed by atoms with van der Waals surface area (Å²) >= 11 is 0. The highest BCUT2D eigenvalue weighted by Crippen LogP contribution is 2.45. The summed E-state index contributed by atoms with van der Waals surface area (Å²) in [7, 11) is 1.46. The maximum Gasteiger partial charge on any atom is 0.407 e. The number of rotatable bonds is 8. The molecule has 0 spiro atoms. The first-order chi connectivity index (χ1) is 20.5. The lowest BCUT2D eigenvalue weighted by Gasteiger charge is -2.20. The molecule has 0 unspecified atom stereocenters. The third kappa shape index (κ3) is 5.19. The maximum absolute atomic E-state index is 12.8. The van der Waals surface area contributed by atoms with Crippen LogP contribution in [0.5, 0.6) is 0 Å². The molecule has 3 N–H and O–H groups in total. The summed E-state index contributed by atoms with van der Waals surface area (Å²) in [5.74, 6) is -0.667. The third-order valence-electron chi connectivity index (χ3n) is 7.99. The minimum atomic E-state index is -1.05. The van der Waals surface area contributed by atoms with Crippen molar-refractivity contribution >= 4 is 18.1 Å². The average molecular weight is 562 g/mol. The fraction of sp³-hybridized carbons (Fsp3) is 0.206. The van der Waals surface area contributed by atoms with E-state index in [1.165, 1.54) is 7.05 Å². The van der Waals surface area contributed by atoms with Crippen LogP contribution in [0.2, 0.25) is 0 Å². The molecule has 2 aliphatic carbocycles. The molecule has 0 heterocycles. The van der Waals surface area contributed by atoms with E-state index in [1.54, 1.807) is 0 Å². The van der Waals surface area contributed by atoms with Crippen LogP contribution >= 0.6 is 0 Å². The van der Waals surface area contributed by atoms with Gasteiger partial charge in [0.15, 0.2) is 0 Å². The average Bonchev–Trinajstić information content (AvgIpc) is 3.53. The molecule has 0 radical (unpaired) electrons. The molecule has 1 atom stereocenters. The van der Waals surface area contributed by atoms with E-state index >= 15 is 0 Å². The molecule has 3 amide bonds. The lowest BCUT2D eigenvalue weighted by molar-refractivity contribution is -0.122. The van der Waals surface area contributed by atoms with Crippen LogP contribution in [0.15, 0.2) is 97.1 Å². The highest BCUT2D eigenvalue weighted by atomic mass is 16.6. The Hall–Kier alpha value is -5.11. The number of benzene rings is 4. The van der Waals surface area contributed by atoms with Gasteiger partial charge in [-0.05, 0) is 44.5 Å². The number of alkyl carbamates (subject to hydrolysis) is 2. The number of hydrogen-bond acceptors (Lipinski definition) is 5. The summed E-state index contributed by atoms with van der Waals surface area (Å²) in [5, 5.41) is 7.70. The molecule has 0 saturated heterocycles. The number of nitrogens with one attached hydrogen (secondary N) is 3. The second-order valence-electron chi connectivity index (χ2n) is 10.3. The number of amides is 3. The second kappa shape index (κ2) is 11.8. The molecule has 0 aliphatic heterocycles. The highest BCUT2D eigenvalue weighted by molar-refractivity contribution is 5.86. The zero-order chi connectivity index (χ0) is 29.1. The van der Waals surface area contributed by atoms with E-state index < -0.39 is 24.1 Å². The molecule has 0 saturated carbocycles. The fourth-order valence-corrected chi connectivity index (χ4v) is 6.00. The van der Waals surface area contributed by atoms with Crippen molar-refractivity contribution in [3.8, 4) is 22.3 Å². The van der Waals surface area contributed by atoms with Crippen molar-refractivity contribution in [3.05, 3.63) is 119 Å². The number of ether oxygens (including phenoxy) is 2. The van der Waals surface area contributed by atoms with Crippen molar-refractivity contribution in [3.63, 3.8) is 0 Å². The first-order valence-electron chi connectivity index (χ1n) is 14.0. The van der Waals surface area contributed by atoms with E-state index in [0.29, 0.717) is 0 Å².